The number of piperazine rings is 1. The lowest BCUT2D eigenvalue weighted by Crippen LogP contribution is -2.48. The van der Waals surface area contributed by atoms with Gasteiger partial charge in [-0.25, -0.2) is 12.8 Å². The van der Waals surface area contributed by atoms with Crippen LogP contribution in [0, 0.1) is 5.82 Å². The number of halogens is 2. The Morgan fingerprint density at radius 3 is 2.35 bits per heavy atom. The Balaban J connectivity index is 1.49. The van der Waals surface area contributed by atoms with Crippen molar-refractivity contribution in [2.45, 2.75) is 18.2 Å². The zero-order valence-corrected chi connectivity index (χ0v) is 20.2. The molecule has 34 heavy (non-hydrogen) atoms. The summed E-state index contributed by atoms with van der Waals surface area (Å²) in [5.74, 6) is -1.40. The summed E-state index contributed by atoms with van der Waals surface area (Å²) in [6, 6.07) is 18.1. The van der Waals surface area contributed by atoms with E-state index >= 15 is 0 Å². The van der Waals surface area contributed by atoms with Gasteiger partial charge in [-0.05, 0) is 60.5 Å². The van der Waals surface area contributed by atoms with Crippen LogP contribution in [0.4, 0.5) is 15.8 Å². The average molecular weight is 502 g/mol. The molecule has 1 amide bonds. The van der Waals surface area contributed by atoms with E-state index in [0.717, 1.165) is 29.8 Å². The van der Waals surface area contributed by atoms with Crippen molar-refractivity contribution in [2.75, 3.05) is 36.4 Å². The summed E-state index contributed by atoms with van der Waals surface area (Å²) in [7, 11) is -4.12. The van der Waals surface area contributed by atoms with Gasteiger partial charge in [0.1, 0.15) is 10.7 Å². The molecule has 0 aliphatic carbocycles. The molecule has 0 aromatic heterocycles. The van der Waals surface area contributed by atoms with Gasteiger partial charge in [0.25, 0.3) is 5.91 Å². The van der Waals surface area contributed by atoms with E-state index in [1.165, 1.54) is 10.4 Å². The molecule has 3 aromatic carbocycles. The van der Waals surface area contributed by atoms with Crippen molar-refractivity contribution in [3.05, 3.63) is 88.7 Å². The standard InChI is InChI=1S/C25H25ClFN3O3S/c1-2-18-6-9-21(10-7-18)28-25(31)19-8-11-23(27)24(16-19)34(32,33)30-14-12-29(13-15-30)22-5-3-4-20(26)17-22/h3-11,16-17H,2,12-15H2,1H3,(H,28,31). The maximum atomic E-state index is 14.6. The number of hydrogen-bond acceptors (Lipinski definition) is 4. The molecule has 1 saturated heterocycles. The third kappa shape index (κ3) is 5.24. The highest BCUT2D eigenvalue weighted by Gasteiger charge is 2.31. The maximum absolute atomic E-state index is 14.6. The van der Waals surface area contributed by atoms with Crippen molar-refractivity contribution >= 4 is 38.9 Å². The summed E-state index contributed by atoms with van der Waals surface area (Å²) < 4.78 is 42.3. The zero-order valence-electron chi connectivity index (χ0n) is 18.7. The van der Waals surface area contributed by atoms with Crippen LogP contribution in [0.1, 0.15) is 22.8 Å². The van der Waals surface area contributed by atoms with Gasteiger partial charge >= 0.3 is 0 Å². The number of anilines is 2. The van der Waals surface area contributed by atoms with E-state index in [1.807, 2.05) is 42.2 Å². The van der Waals surface area contributed by atoms with Crippen LogP contribution in [0.15, 0.2) is 71.6 Å². The molecule has 6 nitrogen and oxygen atoms in total. The SMILES string of the molecule is CCc1ccc(NC(=O)c2ccc(F)c(S(=O)(=O)N3CCN(c4cccc(Cl)c4)CC3)c2)cc1. The quantitative estimate of drug-likeness (QED) is 0.526. The van der Waals surface area contributed by atoms with Gasteiger partial charge in [-0.15, -0.1) is 0 Å². The van der Waals surface area contributed by atoms with Crippen molar-refractivity contribution in [1.29, 1.82) is 0 Å². The van der Waals surface area contributed by atoms with E-state index in [0.29, 0.717) is 23.8 Å². The second-order valence-electron chi connectivity index (χ2n) is 8.02. The summed E-state index contributed by atoms with van der Waals surface area (Å²) in [6.45, 7) is 3.29. The number of carbonyl (C=O) groups is 1. The van der Waals surface area contributed by atoms with Crippen LogP contribution in [0.3, 0.4) is 0 Å². The smallest absolute Gasteiger partial charge is 0.255 e. The van der Waals surface area contributed by atoms with Gasteiger partial charge in [0, 0.05) is 48.1 Å². The van der Waals surface area contributed by atoms with Crippen LogP contribution in [0.2, 0.25) is 5.02 Å². The molecule has 1 fully saturated rings. The van der Waals surface area contributed by atoms with E-state index in [2.05, 4.69) is 5.32 Å². The minimum Gasteiger partial charge on any atom is -0.369 e. The lowest BCUT2D eigenvalue weighted by atomic mass is 10.1. The molecule has 1 heterocycles. The number of amides is 1. The van der Waals surface area contributed by atoms with Crippen LogP contribution >= 0.6 is 11.6 Å². The van der Waals surface area contributed by atoms with Crippen LogP contribution in [-0.4, -0.2) is 44.8 Å². The van der Waals surface area contributed by atoms with Crippen molar-refractivity contribution in [3.8, 4) is 0 Å². The molecule has 178 valence electrons. The lowest BCUT2D eigenvalue weighted by molar-refractivity contribution is 0.102. The number of hydrogen-bond donors (Lipinski definition) is 1. The predicted molar refractivity (Wildman–Crippen MR) is 133 cm³/mol. The molecule has 1 aliphatic heterocycles. The van der Waals surface area contributed by atoms with Crippen molar-refractivity contribution in [2.24, 2.45) is 0 Å². The third-order valence-electron chi connectivity index (χ3n) is 5.84. The fourth-order valence-electron chi connectivity index (χ4n) is 3.87. The summed E-state index contributed by atoms with van der Waals surface area (Å²) in [6.07, 6.45) is 0.876. The van der Waals surface area contributed by atoms with Crippen molar-refractivity contribution in [3.63, 3.8) is 0 Å². The largest absolute Gasteiger partial charge is 0.369 e. The van der Waals surface area contributed by atoms with E-state index in [4.69, 9.17) is 11.6 Å². The van der Waals surface area contributed by atoms with Crippen molar-refractivity contribution in [1.82, 2.24) is 4.31 Å². The number of aryl methyl sites for hydroxylation is 1. The van der Waals surface area contributed by atoms with Crippen LogP contribution in [-0.2, 0) is 16.4 Å². The second kappa shape index (κ2) is 10.1. The number of benzene rings is 3. The molecule has 1 aliphatic rings. The van der Waals surface area contributed by atoms with Gasteiger partial charge in [0.15, 0.2) is 0 Å². The fraction of sp³-hybridized carbons (Fsp3) is 0.240. The fourth-order valence-corrected chi connectivity index (χ4v) is 5.56. The molecule has 3 aromatic rings. The van der Waals surface area contributed by atoms with E-state index in [1.54, 1.807) is 18.2 Å². The number of nitrogens with one attached hydrogen (secondary N) is 1. The van der Waals surface area contributed by atoms with Gasteiger partial charge in [0.2, 0.25) is 10.0 Å². The predicted octanol–water partition coefficient (Wildman–Crippen LogP) is 4.80. The molecule has 0 saturated carbocycles. The zero-order chi connectivity index (χ0) is 24.3. The first-order chi connectivity index (χ1) is 16.3. The highest BCUT2D eigenvalue weighted by Crippen LogP contribution is 2.25. The van der Waals surface area contributed by atoms with Crippen LogP contribution in [0.25, 0.3) is 0 Å². The van der Waals surface area contributed by atoms with E-state index < -0.39 is 26.6 Å². The summed E-state index contributed by atoms with van der Waals surface area (Å²) in [5.41, 5.74) is 2.68. The number of sulfonamides is 1. The molecule has 0 radical (unpaired) electrons. The van der Waals surface area contributed by atoms with Gasteiger partial charge in [-0.2, -0.15) is 4.31 Å². The summed E-state index contributed by atoms with van der Waals surface area (Å²) >= 11 is 6.06. The molecule has 0 atom stereocenters. The Kier molecular flexibility index (Phi) is 7.21. The first kappa shape index (κ1) is 24.2. The van der Waals surface area contributed by atoms with Crippen LogP contribution in [0.5, 0.6) is 0 Å². The average Bonchev–Trinajstić information content (AvgIpc) is 2.84. The highest BCUT2D eigenvalue weighted by atomic mass is 35.5. The van der Waals surface area contributed by atoms with Crippen LogP contribution < -0.4 is 10.2 Å². The number of carbonyl (C=O) groups excluding carboxylic acids is 1. The molecule has 0 unspecified atom stereocenters. The van der Waals surface area contributed by atoms with E-state index in [-0.39, 0.29) is 18.7 Å². The molecule has 0 spiro atoms. The van der Waals surface area contributed by atoms with Gasteiger partial charge < -0.3 is 10.2 Å². The highest BCUT2D eigenvalue weighted by molar-refractivity contribution is 7.89. The molecule has 1 N–H and O–H groups in total. The first-order valence-electron chi connectivity index (χ1n) is 11.0. The number of rotatable bonds is 6. The normalized spacial score (nSPS) is 14.7. The molecular weight excluding hydrogens is 477 g/mol. The topological polar surface area (TPSA) is 69.7 Å². The summed E-state index contributed by atoms with van der Waals surface area (Å²) in [4.78, 5) is 14.2. The molecule has 4 rings (SSSR count). The second-order valence-corrected chi connectivity index (χ2v) is 10.4. The Morgan fingerprint density at radius 2 is 1.71 bits per heavy atom. The monoisotopic (exact) mass is 501 g/mol. The Labute approximate surface area is 204 Å². The lowest BCUT2D eigenvalue weighted by Gasteiger charge is -2.35. The van der Waals surface area contributed by atoms with Gasteiger partial charge in [-0.1, -0.05) is 36.7 Å². The van der Waals surface area contributed by atoms with Crippen molar-refractivity contribution < 1.29 is 17.6 Å². The Hall–Kier alpha value is -2.94. The minimum atomic E-state index is -4.12. The molecular formula is C25H25ClFN3O3S. The molecule has 9 heteroatoms. The third-order valence-corrected chi connectivity index (χ3v) is 7.99. The maximum Gasteiger partial charge on any atom is 0.255 e. The Morgan fingerprint density at radius 1 is 1.00 bits per heavy atom. The van der Waals surface area contributed by atoms with Gasteiger partial charge in [-0.3, -0.25) is 4.79 Å². The summed E-state index contributed by atoms with van der Waals surface area (Å²) in [5, 5.41) is 3.33. The van der Waals surface area contributed by atoms with Gasteiger partial charge in [0.05, 0.1) is 0 Å². The Bertz CT molecular complexity index is 1290. The number of nitrogens with zero attached hydrogens (tertiary/aromatic N) is 2. The first-order valence-corrected chi connectivity index (χ1v) is 12.8. The van der Waals surface area contributed by atoms with E-state index in [9.17, 15) is 17.6 Å². The minimum absolute atomic E-state index is 0.0668. The molecule has 0 bridgehead atoms.